The number of carbonyl (C=O) groups is 1. The molecule has 29 heavy (non-hydrogen) atoms. The molecule has 9 heteroatoms. The quantitative estimate of drug-likeness (QED) is 0.394. The molecule has 1 heterocycles. The Balaban J connectivity index is 0.000000296. The second-order valence-electron chi connectivity index (χ2n) is 6.44. The van der Waals surface area contributed by atoms with Gasteiger partial charge < -0.3 is 4.98 Å². The lowest BCUT2D eigenvalue weighted by Crippen LogP contribution is -2.11. The summed E-state index contributed by atoms with van der Waals surface area (Å²) >= 11 is 0. The first-order chi connectivity index (χ1) is 13.3. The lowest BCUT2D eigenvalue weighted by molar-refractivity contribution is -0.141. The zero-order chi connectivity index (χ0) is 22.4. The van der Waals surface area contributed by atoms with E-state index in [2.05, 4.69) is 0 Å². The molecule has 2 aromatic rings. The number of Topliss-reactive ketones (excluding diaryl/α,β-unsaturated/α-hetero) is 1. The van der Waals surface area contributed by atoms with Crippen LogP contribution in [0.5, 0.6) is 0 Å². The first-order valence-corrected chi connectivity index (χ1v) is 8.95. The van der Waals surface area contributed by atoms with Gasteiger partial charge in [-0.3, -0.25) is 4.79 Å². The number of nitrogens with one attached hydrogen (secondary N) is 1. The van der Waals surface area contributed by atoms with Gasteiger partial charge in [-0.15, -0.1) is 0 Å². The summed E-state index contributed by atoms with van der Waals surface area (Å²) < 4.78 is 86.8. The molecule has 2 rings (SSSR count). The second-order valence-corrected chi connectivity index (χ2v) is 6.44. The zero-order valence-corrected chi connectivity index (χ0v) is 16.1. The van der Waals surface area contributed by atoms with Crippen LogP contribution in [0.3, 0.4) is 0 Å². The number of ketones is 1. The number of hydrogen-bond acceptors (Lipinski definition) is 1. The highest BCUT2D eigenvalue weighted by atomic mass is 19.4. The molecular weight excluding hydrogens is 403 g/mol. The average molecular weight is 425 g/mol. The number of benzene rings is 1. The number of rotatable bonds is 5. The van der Waals surface area contributed by atoms with E-state index in [0.29, 0.717) is 5.56 Å². The van der Waals surface area contributed by atoms with Gasteiger partial charge in [0.2, 0.25) is 0 Å². The first kappa shape index (κ1) is 24.7. The van der Waals surface area contributed by atoms with E-state index < -0.39 is 40.9 Å². The zero-order valence-electron chi connectivity index (χ0n) is 16.1. The average Bonchev–Trinajstić information content (AvgIpc) is 3.02. The molecule has 0 saturated carbocycles. The predicted molar refractivity (Wildman–Crippen MR) is 95.1 cm³/mol. The molecule has 0 amide bonds. The Morgan fingerprint density at radius 3 is 2.00 bits per heavy atom. The second kappa shape index (κ2) is 9.93. The van der Waals surface area contributed by atoms with Crippen molar-refractivity contribution in [2.45, 2.75) is 58.3 Å². The van der Waals surface area contributed by atoms with E-state index in [4.69, 9.17) is 0 Å². The van der Waals surface area contributed by atoms with Crippen LogP contribution in [-0.4, -0.2) is 10.8 Å². The number of H-pyrrole nitrogens is 1. The van der Waals surface area contributed by atoms with Gasteiger partial charge in [0.05, 0.1) is 5.56 Å². The summed E-state index contributed by atoms with van der Waals surface area (Å²) in [4.78, 5) is 12.2. The lowest BCUT2D eigenvalue weighted by atomic mass is 9.88. The van der Waals surface area contributed by atoms with E-state index in [0.717, 1.165) is 26.2 Å². The van der Waals surface area contributed by atoms with Crippen molar-refractivity contribution in [2.24, 2.45) is 0 Å². The summed E-state index contributed by atoms with van der Waals surface area (Å²) in [6.45, 7) is 4.92. The highest BCUT2D eigenvalue weighted by Crippen LogP contribution is 2.37. The third-order valence-electron chi connectivity index (χ3n) is 4.26. The standard InChI is InChI=1S/C13H17F3.C7H5F4NO/c1-3-7-10(4-2)11-8-5-6-9-12(11)13(14,15)16;1-3(13)6-4(8)2-5(12-6)7(9,10)11/h5-6,8-10H,3-4,7H2,1-2H3;2,12H,1H3. The van der Waals surface area contributed by atoms with Crippen LogP contribution in [0.15, 0.2) is 30.3 Å². The molecule has 0 aliphatic heterocycles. The monoisotopic (exact) mass is 425 g/mol. The van der Waals surface area contributed by atoms with Crippen LogP contribution in [-0.2, 0) is 12.4 Å². The summed E-state index contributed by atoms with van der Waals surface area (Å²) in [7, 11) is 0. The van der Waals surface area contributed by atoms with E-state index in [1.165, 1.54) is 12.1 Å². The Morgan fingerprint density at radius 2 is 1.62 bits per heavy atom. The molecule has 1 aromatic carbocycles. The van der Waals surface area contributed by atoms with E-state index in [9.17, 15) is 35.5 Å². The molecule has 2 nitrogen and oxygen atoms in total. The smallest absolute Gasteiger partial charge is 0.346 e. The van der Waals surface area contributed by atoms with Crippen molar-refractivity contribution in [3.63, 3.8) is 0 Å². The Hall–Kier alpha value is -2.32. The van der Waals surface area contributed by atoms with E-state index in [1.807, 2.05) is 13.8 Å². The van der Waals surface area contributed by atoms with Gasteiger partial charge in [0.25, 0.3) is 0 Å². The van der Waals surface area contributed by atoms with E-state index >= 15 is 0 Å². The lowest BCUT2D eigenvalue weighted by Gasteiger charge is -2.19. The van der Waals surface area contributed by atoms with Crippen molar-refractivity contribution in [3.05, 3.63) is 58.7 Å². The van der Waals surface area contributed by atoms with Crippen LogP contribution in [0, 0.1) is 5.82 Å². The number of hydrogen-bond donors (Lipinski definition) is 1. The van der Waals surface area contributed by atoms with Crippen molar-refractivity contribution < 1.29 is 35.5 Å². The molecule has 1 N–H and O–H groups in total. The van der Waals surface area contributed by atoms with Crippen LogP contribution < -0.4 is 0 Å². The van der Waals surface area contributed by atoms with Crippen molar-refractivity contribution in [3.8, 4) is 0 Å². The predicted octanol–water partition coefficient (Wildman–Crippen LogP) is 7.37. The summed E-state index contributed by atoms with van der Waals surface area (Å²) in [5, 5.41) is 0. The molecule has 0 radical (unpaired) electrons. The normalized spacial score (nSPS) is 12.9. The number of aromatic amines is 1. The van der Waals surface area contributed by atoms with Crippen LogP contribution in [0.1, 0.15) is 73.3 Å². The molecule has 162 valence electrons. The molecule has 0 spiro atoms. The Kier molecular flexibility index (Phi) is 8.47. The van der Waals surface area contributed by atoms with Gasteiger partial charge >= 0.3 is 12.4 Å². The molecule has 0 aliphatic rings. The fourth-order valence-corrected chi connectivity index (χ4v) is 2.88. The van der Waals surface area contributed by atoms with Crippen LogP contribution in [0.2, 0.25) is 0 Å². The van der Waals surface area contributed by atoms with Crippen molar-refractivity contribution >= 4 is 5.78 Å². The van der Waals surface area contributed by atoms with Crippen molar-refractivity contribution in [2.75, 3.05) is 0 Å². The van der Waals surface area contributed by atoms with Crippen LogP contribution in [0.25, 0.3) is 0 Å². The summed E-state index contributed by atoms with van der Waals surface area (Å²) in [6, 6.07) is 6.17. The van der Waals surface area contributed by atoms with Crippen LogP contribution in [0.4, 0.5) is 30.7 Å². The maximum atomic E-state index is 12.8. The summed E-state index contributed by atoms with van der Waals surface area (Å²) in [6.07, 6.45) is -6.43. The number of aromatic nitrogens is 1. The largest absolute Gasteiger partial charge is 0.431 e. The maximum absolute atomic E-state index is 12.8. The Morgan fingerprint density at radius 1 is 1.03 bits per heavy atom. The topological polar surface area (TPSA) is 32.9 Å². The van der Waals surface area contributed by atoms with E-state index in [-0.39, 0.29) is 12.0 Å². The van der Waals surface area contributed by atoms with Gasteiger partial charge in [-0.05, 0) is 30.4 Å². The maximum Gasteiger partial charge on any atom is 0.431 e. The Bertz CT molecular complexity index is 806. The van der Waals surface area contributed by atoms with Crippen molar-refractivity contribution in [1.29, 1.82) is 0 Å². The van der Waals surface area contributed by atoms with Gasteiger partial charge in [0, 0.05) is 13.0 Å². The number of alkyl halides is 6. The molecule has 0 saturated heterocycles. The third-order valence-corrected chi connectivity index (χ3v) is 4.26. The minimum absolute atomic E-state index is 0.0165. The first-order valence-electron chi connectivity index (χ1n) is 8.95. The minimum atomic E-state index is -4.66. The summed E-state index contributed by atoms with van der Waals surface area (Å²) in [5.74, 6) is -1.93. The van der Waals surface area contributed by atoms with Gasteiger partial charge in [-0.2, -0.15) is 26.3 Å². The number of carbonyl (C=O) groups excluding carboxylic acids is 1. The molecule has 1 atom stereocenters. The molecule has 0 fully saturated rings. The molecule has 1 unspecified atom stereocenters. The van der Waals surface area contributed by atoms with Crippen molar-refractivity contribution in [1.82, 2.24) is 4.98 Å². The van der Waals surface area contributed by atoms with Gasteiger partial charge in [0.15, 0.2) is 11.6 Å². The molecule has 0 bridgehead atoms. The highest BCUT2D eigenvalue weighted by Gasteiger charge is 2.35. The minimum Gasteiger partial charge on any atom is -0.346 e. The highest BCUT2D eigenvalue weighted by molar-refractivity contribution is 5.92. The van der Waals surface area contributed by atoms with Gasteiger partial charge in [-0.25, -0.2) is 4.39 Å². The molecule has 1 aromatic heterocycles. The van der Waals surface area contributed by atoms with Gasteiger partial charge in [0.1, 0.15) is 11.4 Å². The third kappa shape index (κ3) is 6.90. The van der Waals surface area contributed by atoms with E-state index in [1.54, 1.807) is 17.1 Å². The Labute approximate surface area is 164 Å². The SMILES string of the molecule is CC(=O)c1[nH]c(C(F)(F)F)cc1F.CCCC(CC)c1ccccc1C(F)(F)F. The fourth-order valence-electron chi connectivity index (χ4n) is 2.88. The number of halogens is 7. The van der Waals surface area contributed by atoms with Gasteiger partial charge in [-0.1, -0.05) is 38.5 Å². The summed E-state index contributed by atoms with van der Waals surface area (Å²) in [5.41, 5.74) is -1.93. The molecule has 0 aliphatic carbocycles. The molecular formula is C20H22F7NO. The van der Waals surface area contributed by atoms with Crippen LogP contribution >= 0.6 is 0 Å². The fraction of sp³-hybridized carbons (Fsp3) is 0.450.